The van der Waals surface area contributed by atoms with Crippen LogP contribution in [0.3, 0.4) is 0 Å². The molecular formula is C22H19F2N3O4. The highest BCUT2D eigenvalue weighted by Gasteiger charge is 2.22. The Hall–Kier alpha value is -4.01. The standard InChI is InChI=1S/C22H19F2N3O4/c1-31-18-6-4-17(5-7-18)26-21-19(3-2-8-25-21)22(30)27(13-20(28)29)12-14-9-15(23)11-16(24)10-14/h2-11H,12-13H2,1H3,(H,25,26)(H,28,29). The topological polar surface area (TPSA) is 91.8 Å². The molecule has 0 bridgehead atoms. The monoisotopic (exact) mass is 427 g/mol. The molecule has 0 saturated heterocycles. The fourth-order valence-corrected chi connectivity index (χ4v) is 2.94. The molecule has 31 heavy (non-hydrogen) atoms. The van der Waals surface area contributed by atoms with E-state index in [2.05, 4.69) is 10.3 Å². The van der Waals surface area contributed by atoms with Crippen LogP contribution in [-0.2, 0) is 11.3 Å². The molecule has 0 atom stereocenters. The van der Waals surface area contributed by atoms with Crippen molar-refractivity contribution in [1.29, 1.82) is 0 Å². The van der Waals surface area contributed by atoms with Crippen molar-refractivity contribution >= 4 is 23.4 Å². The number of carbonyl (C=O) groups is 2. The van der Waals surface area contributed by atoms with Crippen LogP contribution >= 0.6 is 0 Å². The Morgan fingerprint density at radius 1 is 1.10 bits per heavy atom. The van der Waals surface area contributed by atoms with Gasteiger partial charge in [-0.3, -0.25) is 9.59 Å². The fourth-order valence-electron chi connectivity index (χ4n) is 2.94. The maximum absolute atomic E-state index is 13.5. The van der Waals surface area contributed by atoms with Crippen molar-refractivity contribution in [2.75, 3.05) is 19.0 Å². The number of halogens is 2. The number of aliphatic carboxylic acids is 1. The number of carboxylic acid groups (broad SMARTS) is 1. The summed E-state index contributed by atoms with van der Waals surface area (Å²) in [5.41, 5.74) is 0.864. The number of hydrogen-bond donors (Lipinski definition) is 2. The number of aromatic nitrogens is 1. The molecule has 0 aliphatic heterocycles. The van der Waals surface area contributed by atoms with E-state index in [9.17, 15) is 23.5 Å². The third-order valence-corrected chi connectivity index (χ3v) is 4.30. The average molecular weight is 427 g/mol. The first kappa shape index (κ1) is 21.7. The lowest BCUT2D eigenvalue weighted by Crippen LogP contribution is -2.35. The first-order valence-corrected chi connectivity index (χ1v) is 9.18. The molecule has 0 radical (unpaired) electrons. The van der Waals surface area contributed by atoms with Gasteiger partial charge in [-0.2, -0.15) is 0 Å². The van der Waals surface area contributed by atoms with E-state index in [1.54, 1.807) is 31.4 Å². The number of benzene rings is 2. The Morgan fingerprint density at radius 2 is 1.77 bits per heavy atom. The van der Waals surface area contributed by atoms with E-state index in [1.807, 2.05) is 0 Å². The third kappa shape index (κ3) is 5.75. The Kier molecular flexibility index (Phi) is 6.76. The van der Waals surface area contributed by atoms with Crippen molar-refractivity contribution in [1.82, 2.24) is 9.88 Å². The molecule has 2 N–H and O–H groups in total. The lowest BCUT2D eigenvalue weighted by atomic mass is 10.1. The lowest BCUT2D eigenvalue weighted by molar-refractivity contribution is -0.137. The normalized spacial score (nSPS) is 10.4. The zero-order valence-electron chi connectivity index (χ0n) is 16.5. The Morgan fingerprint density at radius 3 is 2.39 bits per heavy atom. The number of anilines is 2. The molecule has 1 aromatic heterocycles. The number of rotatable bonds is 8. The minimum absolute atomic E-state index is 0.108. The number of ether oxygens (including phenoxy) is 1. The highest BCUT2D eigenvalue weighted by Crippen LogP contribution is 2.23. The summed E-state index contributed by atoms with van der Waals surface area (Å²) in [6.45, 7) is -0.954. The van der Waals surface area contributed by atoms with Gasteiger partial charge >= 0.3 is 5.97 Å². The van der Waals surface area contributed by atoms with Gasteiger partial charge in [0, 0.05) is 24.5 Å². The first-order chi connectivity index (χ1) is 14.9. The van der Waals surface area contributed by atoms with E-state index in [0.29, 0.717) is 17.5 Å². The van der Waals surface area contributed by atoms with E-state index in [0.717, 1.165) is 17.0 Å². The van der Waals surface area contributed by atoms with Crippen molar-refractivity contribution in [3.05, 3.63) is 83.6 Å². The van der Waals surface area contributed by atoms with Crippen LogP contribution in [0.25, 0.3) is 0 Å². The predicted octanol–water partition coefficient (Wildman–Crippen LogP) is 3.84. The summed E-state index contributed by atoms with van der Waals surface area (Å²) in [4.78, 5) is 29.6. The Balaban J connectivity index is 1.89. The highest BCUT2D eigenvalue weighted by atomic mass is 19.1. The number of pyridine rings is 1. The van der Waals surface area contributed by atoms with Gasteiger partial charge in [-0.15, -0.1) is 0 Å². The van der Waals surface area contributed by atoms with Crippen molar-refractivity contribution in [2.24, 2.45) is 0 Å². The van der Waals surface area contributed by atoms with Crippen LogP contribution in [0.15, 0.2) is 60.8 Å². The number of carbonyl (C=O) groups excluding carboxylic acids is 1. The van der Waals surface area contributed by atoms with Gasteiger partial charge in [0.1, 0.15) is 29.7 Å². The predicted molar refractivity (Wildman–Crippen MR) is 109 cm³/mol. The largest absolute Gasteiger partial charge is 0.497 e. The molecule has 0 saturated carbocycles. The molecule has 9 heteroatoms. The van der Waals surface area contributed by atoms with Gasteiger partial charge in [0.2, 0.25) is 0 Å². The van der Waals surface area contributed by atoms with E-state index in [4.69, 9.17) is 4.74 Å². The van der Waals surface area contributed by atoms with Crippen LogP contribution in [0.1, 0.15) is 15.9 Å². The fraction of sp³-hybridized carbons (Fsp3) is 0.136. The van der Waals surface area contributed by atoms with E-state index in [-0.39, 0.29) is 23.5 Å². The molecule has 0 spiro atoms. The summed E-state index contributed by atoms with van der Waals surface area (Å²) in [7, 11) is 1.54. The second kappa shape index (κ2) is 9.66. The summed E-state index contributed by atoms with van der Waals surface area (Å²) >= 11 is 0. The van der Waals surface area contributed by atoms with Crippen LogP contribution in [0, 0.1) is 11.6 Å². The van der Waals surface area contributed by atoms with Crippen molar-refractivity contribution in [2.45, 2.75) is 6.54 Å². The maximum Gasteiger partial charge on any atom is 0.323 e. The number of nitrogens with zero attached hydrogens (tertiary/aromatic N) is 2. The van der Waals surface area contributed by atoms with Crippen LogP contribution in [0.4, 0.5) is 20.3 Å². The smallest absolute Gasteiger partial charge is 0.323 e. The molecule has 7 nitrogen and oxygen atoms in total. The molecule has 0 unspecified atom stereocenters. The number of methoxy groups -OCH3 is 1. The second-order valence-corrected chi connectivity index (χ2v) is 6.59. The van der Waals surface area contributed by atoms with E-state index in [1.165, 1.54) is 18.3 Å². The minimum Gasteiger partial charge on any atom is -0.497 e. The molecule has 0 fully saturated rings. The first-order valence-electron chi connectivity index (χ1n) is 9.18. The number of hydrogen-bond acceptors (Lipinski definition) is 5. The molecule has 3 rings (SSSR count). The van der Waals surface area contributed by atoms with Crippen LogP contribution in [0.2, 0.25) is 0 Å². The molecule has 1 heterocycles. The van der Waals surface area contributed by atoms with Gasteiger partial charge in [-0.1, -0.05) is 0 Å². The van der Waals surface area contributed by atoms with Crippen LogP contribution < -0.4 is 10.1 Å². The average Bonchev–Trinajstić information content (AvgIpc) is 2.73. The molecule has 2 aromatic carbocycles. The Bertz CT molecular complexity index is 1070. The summed E-state index contributed by atoms with van der Waals surface area (Å²) in [6.07, 6.45) is 1.48. The van der Waals surface area contributed by atoms with Crippen molar-refractivity contribution in [3.8, 4) is 5.75 Å². The zero-order valence-corrected chi connectivity index (χ0v) is 16.5. The quantitative estimate of drug-likeness (QED) is 0.568. The van der Waals surface area contributed by atoms with Crippen molar-refractivity contribution in [3.63, 3.8) is 0 Å². The Labute approximate surface area is 176 Å². The van der Waals surface area contributed by atoms with Crippen molar-refractivity contribution < 1.29 is 28.2 Å². The van der Waals surface area contributed by atoms with Crippen LogP contribution in [0.5, 0.6) is 5.75 Å². The van der Waals surface area contributed by atoms with Crippen LogP contribution in [-0.4, -0.2) is 40.5 Å². The molecule has 0 aliphatic carbocycles. The van der Waals surface area contributed by atoms with Gasteiger partial charge in [-0.25, -0.2) is 13.8 Å². The highest BCUT2D eigenvalue weighted by molar-refractivity contribution is 6.00. The van der Waals surface area contributed by atoms with Gasteiger partial charge in [-0.05, 0) is 54.1 Å². The number of nitrogens with one attached hydrogen (secondary N) is 1. The lowest BCUT2D eigenvalue weighted by Gasteiger charge is -2.22. The minimum atomic E-state index is -1.27. The van der Waals surface area contributed by atoms with E-state index >= 15 is 0 Å². The number of amides is 1. The molecule has 1 amide bonds. The molecular weight excluding hydrogens is 408 g/mol. The third-order valence-electron chi connectivity index (χ3n) is 4.30. The number of carboxylic acids is 1. The SMILES string of the molecule is COc1ccc(Nc2ncccc2C(=O)N(CC(=O)O)Cc2cc(F)cc(F)c2)cc1. The zero-order chi connectivity index (χ0) is 22.4. The van der Waals surface area contributed by atoms with E-state index < -0.39 is 30.1 Å². The molecule has 160 valence electrons. The molecule has 0 aliphatic rings. The van der Waals surface area contributed by atoms with Gasteiger partial charge in [0.05, 0.1) is 12.7 Å². The maximum atomic E-state index is 13.5. The summed E-state index contributed by atoms with van der Waals surface area (Å²) in [6, 6.07) is 12.7. The van der Waals surface area contributed by atoms with Gasteiger partial charge < -0.3 is 20.1 Å². The summed E-state index contributed by atoms with van der Waals surface area (Å²) < 4.78 is 32.2. The summed E-state index contributed by atoms with van der Waals surface area (Å²) in [5.74, 6) is -2.70. The summed E-state index contributed by atoms with van der Waals surface area (Å²) in [5, 5.41) is 12.2. The molecule has 3 aromatic rings. The van der Waals surface area contributed by atoms with Gasteiger partial charge in [0.25, 0.3) is 5.91 Å². The second-order valence-electron chi connectivity index (χ2n) is 6.59. The van der Waals surface area contributed by atoms with Gasteiger partial charge in [0.15, 0.2) is 0 Å².